The second kappa shape index (κ2) is 4.16. The molecule has 2 unspecified atom stereocenters. The van der Waals surface area contributed by atoms with Gasteiger partial charge in [0.25, 0.3) is 0 Å². The largest absolute Gasteiger partial charge is 0.455 e. The number of hydrogen-bond donors (Lipinski definition) is 0. The minimum absolute atomic E-state index is 0.194. The Bertz CT molecular complexity index is 243. The fourth-order valence-electron chi connectivity index (χ4n) is 1.93. The lowest BCUT2D eigenvalue weighted by Gasteiger charge is -2.32. The molecule has 0 aromatic rings. The fraction of sp³-hybridized carbons (Fsp3) is 0.750. The van der Waals surface area contributed by atoms with Crippen LogP contribution in [0.4, 0.5) is 0 Å². The Morgan fingerprint density at radius 2 is 2.21 bits per heavy atom. The Morgan fingerprint density at radius 1 is 1.57 bits per heavy atom. The molecule has 0 spiro atoms. The summed E-state index contributed by atoms with van der Waals surface area (Å²) in [6, 6.07) is 0. The first-order chi connectivity index (χ1) is 6.43. The van der Waals surface area contributed by atoms with Crippen molar-refractivity contribution in [3.05, 3.63) is 12.2 Å². The van der Waals surface area contributed by atoms with Crippen LogP contribution in [0, 0.1) is 11.8 Å². The highest BCUT2D eigenvalue weighted by molar-refractivity contribution is 5.66. The molecular formula is C12H20O2. The lowest BCUT2D eigenvalue weighted by molar-refractivity contribution is -0.152. The van der Waals surface area contributed by atoms with Crippen molar-refractivity contribution < 1.29 is 9.53 Å². The van der Waals surface area contributed by atoms with Gasteiger partial charge in [-0.1, -0.05) is 19.9 Å². The monoisotopic (exact) mass is 196 g/mol. The topological polar surface area (TPSA) is 26.3 Å². The summed E-state index contributed by atoms with van der Waals surface area (Å²) < 4.78 is 5.28. The average molecular weight is 196 g/mol. The molecule has 14 heavy (non-hydrogen) atoms. The highest BCUT2D eigenvalue weighted by Gasteiger charge is 2.29. The van der Waals surface area contributed by atoms with Crippen molar-refractivity contribution in [1.29, 1.82) is 0 Å². The third kappa shape index (κ3) is 2.86. The van der Waals surface area contributed by atoms with E-state index < -0.39 is 0 Å². The van der Waals surface area contributed by atoms with Gasteiger partial charge in [0.15, 0.2) is 0 Å². The number of allylic oxidation sites excluding steroid dienone is 1. The van der Waals surface area contributed by atoms with Crippen LogP contribution in [0.15, 0.2) is 12.2 Å². The van der Waals surface area contributed by atoms with E-state index in [0.717, 1.165) is 12.8 Å². The molecule has 0 fully saturated rings. The van der Waals surface area contributed by atoms with E-state index in [4.69, 9.17) is 4.74 Å². The van der Waals surface area contributed by atoms with Crippen LogP contribution in [0.2, 0.25) is 0 Å². The predicted molar refractivity (Wildman–Crippen MR) is 56.9 cm³/mol. The van der Waals surface area contributed by atoms with Crippen molar-refractivity contribution in [2.24, 2.45) is 11.8 Å². The van der Waals surface area contributed by atoms with Gasteiger partial charge in [-0.3, -0.25) is 4.79 Å². The standard InChI is InChI=1S/C12H20O2/c1-9(2)11-5-7-12(4,8-6-11)14-10(3)13/h5,7,9,11H,6,8H2,1-4H3. The van der Waals surface area contributed by atoms with Crippen LogP contribution in [0.1, 0.15) is 40.5 Å². The van der Waals surface area contributed by atoms with Gasteiger partial charge >= 0.3 is 5.97 Å². The first kappa shape index (κ1) is 11.3. The van der Waals surface area contributed by atoms with Crippen LogP contribution >= 0.6 is 0 Å². The first-order valence-corrected chi connectivity index (χ1v) is 5.32. The number of carbonyl (C=O) groups is 1. The van der Waals surface area contributed by atoms with Gasteiger partial charge in [0.1, 0.15) is 5.60 Å². The van der Waals surface area contributed by atoms with Crippen molar-refractivity contribution in [3.63, 3.8) is 0 Å². The average Bonchev–Trinajstić information content (AvgIpc) is 2.02. The summed E-state index contributed by atoms with van der Waals surface area (Å²) in [5.41, 5.74) is -0.364. The van der Waals surface area contributed by atoms with Crippen molar-refractivity contribution in [2.45, 2.75) is 46.1 Å². The minimum atomic E-state index is -0.364. The minimum Gasteiger partial charge on any atom is -0.455 e. The molecule has 80 valence electrons. The van der Waals surface area contributed by atoms with Crippen LogP contribution < -0.4 is 0 Å². The van der Waals surface area contributed by atoms with Gasteiger partial charge in [0.2, 0.25) is 0 Å². The Labute approximate surface area is 86.3 Å². The first-order valence-electron chi connectivity index (χ1n) is 5.32. The molecule has 0 saturated heterocycles. The summed E-state index contributed by atoms with van der Waals surface area (Å²) in [6.45, 7) is 7.89. The van der Waals surface area contributed by atoms with Crippen LogP contribution in [0.3, 0.4) is 0 Å². The zero-order chi connectivity index (χ0) is 10.8. The molecule has 0 heterocycles. The van der Waals surface area contributed by atoms with Crippen molar-refractivity contribution in [1.82, 2.24) is 0 Å². The normalized spacial score (nSPS) is 31.9. The van der Waals surface area contributed by atoms with E-state index in [9.17, 15) is 4.79 Å². The van der Waals surface area contributed by atoms with Gasteiger partial charge in [-0.2, -0.15) is 0 Å². The molecular weight excluding hydrogens is 176 g/mol. The lowest BCUT2D eigenvalue weighted by atomic mass is 9.81. The number of rotatable bonds is 2. The molecule has 0 bridgehead atoms. The van der Waals surface area contributed by atoms with Crippen LogP contribution in [0.5, 0.6) is 0 Å². The fourth-order valence-corrected chi connectivity index (χ4v) is 1.93. The highest BCUT2D eigenvalue weighted by Crippen LogP contribution is 2.32. The summed E-state index contributed by atoms with van der Waals surface area (Å²) in [6.07, 6.45) is 6.28. The Kier molecular flexibility index (Phi) is 3.35. The number of ether oxygens (including phenoxy) is 1. The quantitative estimate of drug-likeness (QED) is 0.501. The van der Waals surface area contributed by atoms with E-state index in [2.05, 4.69) is 19.9 Å². The SMILES string of the molecule is CC(=O)OC1(C)C=CC(C(C)C)CC1. The molecule has 1 aliphatic rings. The van der Waals surface area contributed by atoms with E-state index in [0.29, 0.717) is 11.8 Å². The number of carbonyl (C=O) groups excluding carboxylic acids is 1. The van der Waals surface area contributed by atoms with E-state index >= 15 is 0 Å². The third-order valence-corrected chi connectivity index (χ3v) is 2.90. The van der Waals surface area contributed by atoms with Crippen LogP contribution in [0.25, 0.3) is 0 Å². The smallest absolute Gasteiger partial charge is 0.303 e. The molecule has 0 aliphatic heterocycles. The second-order valence-electron chi connectivity index (χ2n) is 4.71. The lowest BCUT2D eigenvalue weighted by Crippen LogP contribution is -2.32. The van der Waals surface area contributed by atoms with Crippen LogP contribution in [-0.2, 0) is 9.53 Å². The molecule has 0 amide bonds. The second-order valence-corrected chi connectivity index (χ2v) is 4.71. The molecule has 1 rings (SSSR count). The van der Waals surface area contributed by atoms with Gasteiger partial charge < -0.3 is 4.74 Å². The van der Waals surface area contributed by atoms with E-state index in [1.54, 1.807) is 0 Å². The summed E-state index contributed by atoms with van der Waals surface area (Å²) in [5.74, 6) is 1.12. The number of esters is 1. The molecule has 2 atom stereocenters. The molecule has 0 radical (unpaired) electrons. The van der Waals surface area contributed by atoms with Gasteiger partial charge in [-0.25, -0.2) is 0 Å². The molecule has 2 nitrogen and oxygen atoms in total. The molecule has 2 heteroatoms. The Morgan fingerprint density at radius 3 is 2.57 bits per heavy atom. The van der Waals surface area contributed by atoms with Gasteiger partial charge in [-0.05, 0) is 37.7 Å². The van der Waals surface area contributed by atoms with E-state index in [1.807, 2.05) is 13.0 Å². The maximum absolute atomic E-state index is 10.9. The van der Waals surface area contributed by atoms with Gasteiger partial charge in [-0.15, -0.1) is 0 Å². The Hall–Kier alpha value is -0.790. The van der Waals surface area contributed by atoms with E-state index in [1.165, 1.54) is 6.92 Å². The number of hydrogen-bond acceptors (Lipinski definition) is 2. The molecule has 0 aromatic heterocycles. The summed E-state index contributed by atoms with van der Waals surface area (Å²) in [4.78, 5) is 10.9. The highest BCUT2D eigenvalue weighted by atomic mass is 16.6. The third-order valence-electron chi connectivity index (χ3n) is 2.90. The summed E-state index contributed by atoms with van der Waals surface area (Å²) >= 11 is 0. The maximum Gasteiger partial charge on any atom is 0.303 e. The maximum atomic E-state index is 10.9. The molecule has 0 saturated carbocycles. The van der Waals surface area contributed by atoms with E-state index in [-0.39, 0.29) is 11.6 Å². The van der Waals surface area contributed by atoms with Crippen LogP contribution in [-0.4, -0.2) is 11.6 Å². The zero-order valence-corrected chi connectivity index (χ0v) is 9.54. The molecule has 0 N–H and O–H groups in total. The molecule has 0 aromatic carbocycles. The van der Waals surface area contributed by atoms with Gasteiger partial charge in [0.05, 0.1) is 0 Å². The Balaban J connectivity index is 2.62. The predicted octanol–water partition coefficient (Wildman–Crippen LogP) is 2.93. The summed E-state index contributed by atoms with van der Waals surface area (Å²) in [7, 11) is 0. The zero-order valence-electron chi connectivity index (χ0n) is 9.54. The van der Waals surface area contributed by atoms with Crippen molar-refractivity contribution in [2.75, 3.05) is 0 Å². The van der Waals surface area contributed by atoms with Crippen molar-refractivity contribution in [3.8, 4) is 0 Å². The molecule has 1 aliphatic carbocycles. The van der Waals surface area contributed by atoms with Crippen molar-refractivity contribution >= 4 is 5.97 Å². The summed E-state index contributed by atoms with van der Waals surface area (Å²) in [5, 5.41) is 0. The van der Waals surface area contributed by atoms with Gasteiger partial charge in [0, 0.05) is 6.92 Å².